The highest BCUT2D eigenvalue weighted by Gasteiger charge is 2.12. The number of hydrogen-bond acceptors (Lipinski definition) is 3. The molecule has 3 aromatic rings. The number of benzene rings is 2. The van der Waals surface area contributed by atoms with Gasteiger partial charge in [-0.25, -0.2) is 4.98 Å². The number of nitrogens with zero attached hydrogens (tertiary/aromatic N) is 1. The average Bonchev–Trinajstić information content (AvgIpc) is 2.95. The van der Waals surface area contributed by atoms with Gasteiger partial charge in [0.15, 0.2) is 12.2 Å². The normalized spacial score (nSPS) is 11.1. The number of oxazole rings is 1. The van der Waals surface area contributed by atoms with Gasteiger partial charge in [0.25, 0.3) is 0 Å². The first-order valence-electron chi connectivity index (χ1n) is 7.01. The van der Waals surface area contributed by atoms with Gasteiger partial charge in [-0.05, 0) is 23.7 Å². The van der Waals surface area contributed by atoms with Crippen LogP contribution in [0.3, 0.4) is 0 Å². The van der Waals surface area contributed by atoms with Crippen LogP contribution in [0.4, 0.5) is 0 Å². The number of rotatable bonds is 5. The van der Waals surface area contributed by atoms with Gasteiger partial charge in [-0.1, -0.05) is 49.4 Å². The molecule has 0 saturated carbocycles. The minimum atomic E-state index is 0.739. The first kappa shape index (κ1) is 12.9. The van der Waals surface area contributed by atoms with Gasteiger partial charge in [0.1, 0.15) is 5.69 Å². The van der Waals surface area contributed by atoms with E-state index in [1.807, 2.05) is 0 Å². The summed E-state index contributed by atoms with van der Waals surface area (Å²) in [6.07, 6.45) is 2.64. The molecule has 2 aromatic carbocycles. The molecular formula is C17H18N2O. The van der Waals surface area contributed by atoms with Crippen molar-refractivity contribution < 1.29 is 4.42 Å². The van der Waals surface area contributed by atoms with Crippen LogP contribution in [0, 0.1) is 0 Å². The average molecular weight is 266 g/mol. The zero-order valence-corrected chi connectivity index (χ0v) is 11.6. The highest BCUT2D eigenvalue weighted by Crippen LogP contribution is 2.30. The number of aromatic nitrogens is 1. The zero-order chi connectivity index (χ0) is 13.8. The van der Waals surface area contributed by atoms with E-state index in [9.17, 15) is 0 Å². The number of fused-ring (bicyclic) bond motifs is 1. The number of nitrogens with one attached hydrogen (secondary N) is 1. The smallest absolute Gasteiger partial charge is 0.181 e. The minimum Gasteiger partial charge on any atom is -0.443 e. The first-order chi connectivity index (χ1) is 9.90. The van der Waals surface area contributed by atoms with Crippen LogP contribution in [-0.4, -0.2) is 11.5 Å². The van der Waals surface area contributed by atoms with Crippen molar-refractivity contribution in [2.24, 2.45) is 0 Å². The van der Waals surface area contributed by atoms with E-state index < -0.39 is 0 Å². The predicted molar refractivity (Wildman–Crippen MR) is 81.4 cm³/mol. The van der Waals surface area contributed by atoms with Crippen LogP contribution < -0.4 is 5.32 Å². The van der Waals surface area contributed by atoms with E-state index in [-0.39, 0.29) is 0 Å². The molecule has 102 valence electrons. The first-order valence-corrected chi connectivity index (χ1v) is 7.01. The molecule has 3 rings (SSSR count). The van der Waals surface area contributed by atoms with Gasteiger partial charge in [-0.3, -0.25) is 0 Å². The summed E-state index contributed by atoms with van der Waals surface area (Å²) < 4.78 is 5.64. The van der Waals surface area contributed by atoms with Crippen LogP contribution in [0.1, 0.15) is 19.0 Å². The van der Waals surface area contributed by atoms with Crippen LogP contribution in [0.2, 0.25) is 0 Å². The molecule has 3 heteroatoms. The van der Waals surface area contributed by atoms with Crippen LogP contribution in [0.25, 0.3) is 22.1 Å². The Hall–Kier alpha value is -2.13. The summed E-state index contributed by atoms with van der Waals surface area (Å²) >= 11 is 0. The number of hydrogen-bond donors (Lipinski definition) is 1. The molecule has 0 unspecified atom stereocenters. The lowest BCUT2D eigenvalue weighted by Crippen LogP contribution is -2.14. The van der Waals surface area contributed by atoms with Crippen molar-refractivity contribution in [3.05, 3.63) is 54.6 Å². The molecule has 0 radical (unpaired) electrons. The fourth-order valence-corrected chi connectivity index (χ4v) is 2.42. The van der Waals surface area contributed by atoms with Crippen molar-refractivity contribution in [1.29, 1.82) is 0 Å². The maximum absolute atomic E-state index is 5.64. The quantitative estimate of drug-likeness (QED) is 0.709. The third-order valence-corrected chi connectivity index (χ3v) is 3.39. The summed E-state index contributed by atoms with van der Waals surface area (Å²) in [5.74, 6) is 0.866. The molecule has 0 aliphatic heterocycles. The molecule has 0 fully saturated rings. The van der Waals surface area contributed by atoms with Crippen molar-refractivity contribution in [3.63, 3.8) is 0 Å². The predicted octanol–water partition coefficient (Wildman–Crippen LogP) is 3.99. The Morgan fingerprint density at radius 3 is 2.85 bits per heavy atom. The van der Waals surface area contributed by atoms with Crippen molar-refractivity contribution in [2.75, 3.05) is 6.54 Å². The van der Waals surface area contributed by atoms with E-state index in [4.69, 9.17) is 4.42 Å². The fraction of sp³-hybridized carbons (Fsp3) is 0.235. The summed E-state index contributed by atoms with van der Waals surface area (Å²) in [5, 5.41) is 5.79. The van der Waals surface area contributed by atoms with E-state index in [1.165, 1.54) is 17.2 Å². The molecule has 0 bridgehead atoms. The highest BCUT2D eigenvalue weighted by atomic mass is 16.3. The second kappa shape index (κ2) is 5.88. The molecule has 0 aliphatic rings. The second-order valence-corrected chi connectivity index (χ2v) is 4.83. The molecule has 1 aromatic heterocycles. The molecule has 3 nitrogen and oxygen atoms in total. The van der Waals surface area contributed by atoms with E-state index >= 15 is 0 Å². The van der Waals surface area contributed by atoms with Crippen LogP contribution >= 0.6 is 0 Å². The van der Waals surface area contributed by atoms with E-state index in [0.29, 0.717) is 0 Å². The van der Waals surface area contributed by atoms with E-state index in [0.717, 1.165) is 36.5 Å². The minimum absolute atomic E-state index is 0.739. The van der Waals surface area contributed by atoms with Crippen LogP contribution in [0.15, 0.2) is 53.3 Å². The summed E-state index contributed by atoms with van der Waals surface area (Å²) in [5.41, 5.74) is 2.07. The maximum Gasteiger partial charge on any atom is 0.181 e. The van der Waals surface area contributed by atoms with Crippen molar-refractivity contribution in [2.45, 2.75) is 19.9 Å². The molecule has 20 heavy (non-hydrogen) atoms. The molecule has 0 amide bonds. The molecule has 0 atom stereocenters. The van der Waals surface area contributed by atoms with E-state index in [1.54, 1.807) is 0 Å². The van der Waals surface area contributed by atoms with Gasteiger partial charge in [0.2, 0.25) is 0 Å². The van der Waals surface area contributed by atoms with E-state index in [2.05, 4.69) is 59.7 Å². The lowest BCUT2D eigenvalue weighted by atomic mass is 10.0. The summed E-state index contributed by atoms with van der Waals surface area (Å²) in [7, 11) is 0. The second-order valence-electron chi connectivity index (χ2n) is 4.83. The Morgan fingerprint density at radius 2 is 1.95 bits per heavy atom. The molecule has 1 heterocycles. The molecular weight excluding hydrogens is 248 g/mol. The molecule has 1 N–H and O–H groups in total. The SMILES string of the molecule is CCCNCc1ncoc1-c1cccc2ccccc12. The zero-order valence-electron chi connectivity index (χ0n) is 11.6. The van der Waals surface area contributed by atoms with Crippen LogP contribution in [0.5, 0.6) is 0 Å². The van der Waals surface area contributed by atoms with Gasteiger partial charge in [0, 0.05) is 12.1 Å². The molecule has 0 spiro atoms. The Balaban J connectivity index is 2.01. The van der Waals surface area contributed by atoms with Crippen molar-refractivity contribution in [3.8, 4) is 11.3 Å². The van der Waals surface area contributed by atoms with Gasteiger partial charge >= 0.3 is 0 Å². The molecule has 0 saturated heterocycles. The van der Waals surface area contributed by atoms with Gasteiger partial charge < -0.3 is 9.73 Å². The maximum atomic E-state index is 5.64. The summed E-state index contributed by atoms with van der Waals surface area (Å²) in [6, 6.07) is 14.6. The Morgan fingerprint density at radius 1 is 1.10 bits per heavy atom. The fourth-order valence-electron chi connectivity index (χ4n) is 2.42. The Kier molecular flexibility index (Phi) is 3.79. The third-order valence-electron chi connectivity index (χ3n) is 3.39. The lowest BCUT2D eigenvalue weighted by molar-refractivity contribution is 0.570. The lowest BCUT2D eigenvalue weighted by Gasteiger charge is -2.06. The Labute approximate surface area is 118 Å². The van der Waals surface area contributed by atoms with Gasteiger partial charge in [-0.2, -0.15) is 0 Å². The highest BCUT2D eigenvalue weighted by molar-refractivity contribution is 5.95. The van der Waals surface area contributed by atoms with Gasteiger partial charge in [-0.15, -0.1) is 0 Å². The molecule has 0 aliphatic carbocycles. The Bertz CT molecular complexity index is 698. The third kappa shape index (κ3) is 2.45. The standard InChI is InChI=1S/C17H18N2O/c1-2-10-18-11-16-17(20-12-19-16)15-9-5-7-13-6-3-4-8-14(13)15/h3-9,12,18H,2,10-11H2,1H3. The van der Waals surface area contributed by atoms with Crippen molar-refractivity contribution in [1.82, 2.24) is 10.3 Å². The topological polar surface area (TPSA) is 38.1 Å². The summed E-state index contributed by atoms with van der Waals surface area (Å²) in [6.45, 7) is 3.88. The van der Waals surface area contributed by atoms with Crippen LogP contribution in [-0.2, 0) is 6.54 Å². The van der Waals surface area contributed by atoms with Gasteiger partial charge in [0.05, 0.1) is 0 Å². The largest absolute Gasteiger partial charge is 0.443 e. The van der Waals surface area contributed by atoms with Crippen molar-refractivity contribution >= 4 is 10.8 Å². The summed E-state index contributed by atoms with van der Waals surface area (Å²) in [4.78, 5) is 4.34. The monoisotopic (exact) mass is 266 g/mol.